The van der Waals surface area contributed by atoms with Gasteiger partial charge in [-0.15, -0.1) is 11.6 Å². The summed E-state index contributed by atoms with van der Waals surface area (Å²) in [6.45, 7) is 4.14. The number of aliphatic imine (C=N–C) groups is 1. The number of hydroxylamine groups is 1. The van der Waals surface area contributed by atoms with E-state index >= 15 is 0 Å². The molecule has 1 rings (SSSR count). The molecule has 1 heterocycles. The van der Waals surface area contributed by atoms with Gasteiger partial charge in [0.05, 0.1) is 6.04 Å². The first kappa shape index (κ1) is 12.5. The number of nitrogens with zero attached hydrogens (tertiary/aromatic N) is 1. The first-order valence-electron chi connectivity index (χ1n) is 4.87. The maximum atomic E-state index is 6.17. The van der Waals surface area contributed by atoms with E-state index in [-0.39, 0.29) is 11.4 Å². The van der Waals surface area contributed by atoms with Gasteiger partial charge in [-0.1, -0.05) is 0 Å². The molecule has 5 heteroatoms. The Balaban J connectivity index is 2.56. The third-order valence-electron chi connectivity index (χ3n) is 2.17. The Morgan fingerprint density at radius 2 is 2.21 bits per heavy atom. The van der Waals surface area contributed by atoms with Crippen LogP contribution in [0.2, 0.25) is 0 Å². The molecule has 0 fully saturated rings. The Kier molecular flexibility index (Phi) is 5.48. The molecule has 2 unspecified atom stereocenters. The van der Waals surface area contributed by atoms with Crippen LogP contribution >= 0.6 is 34.2 Å². The summed E-state index contributed by atoms with van der Waals surface area (Å²) in [5, 5.41) is 0.217. The zero-order chi connectivity index (χ0) is 10.6. The fraction of sp³-hybridized carbons (Fsp3) is 0.889. The Morgan fingerprint density at radius 1 is 1.50 bits per heavy atom. The molecule has 0 amide bonds. The lowest BCUT2D eigenvalue weighted by Gasteiger charge is -2.20. The van der Waals surface area contributed by atoms with Gasteiger partial charge in [-0.3, -0.25) is 0 Å². The van der Waals surface area contributed by atoms with E-state index in [0.717, 1.165) is 19.3 Å². The molecule has 0 saturated heterocycles. The Labute approximate surface area is 104 Å². The van der Waals surface area contributed by atoms with E-state index in [4.69, 9.17) is 16.4 Å². The third kappa shape index (κ3) is 4.79. The van der Waals surface area contributed by atoms with Gasteiger partial charge in [0, 0.05) is 34.0 Å². The van der Waals surface area contributed by atoms with E-state index in [9.17, 15) is 0 Å². The summed E-state index contributed by atoms with van der Waals surface area (Å²) in [6.07, 6.45) is 2.97. The monoisotopic (exact) mass is 330 g/mol. The van der Waals surface area contributed by atoms with E-state index < -0.39 is 0 Å². The molecule has 0 bridgehead atoms. The molecule has 0 spiro atoms. The average molecular weight is 331 g/mol. The molecule has 1 aliphatic heterocycles. The quantitative estimate of drug-likeness (QED) is 0.547. The van der Waals surface area contributed by atoms with E-state index in [1.54, 1.807) is 0 Å². The first-order chi connectivity index (χ1) is 6.58. The zero-order valence-corrected chi connectivity index (χ0v) is 11.4. The second kappa shape index (κ2) is 6.12. The van der Waals surface area contributed by atoms with Gasteiger partial charge in [0.25, 0.3) is 3.90 Å². The zero-order valence-electron chi connectivity index (χ0n) is 8.46. The highest BCUT2D eigenvalue weighted by Gasteiger charge is 2.15. The average Bonchev–Trinajstić information content (AvgIpc) is 2.11. The summed E-state index contributed by atoms with van der Waals surface area (Å²) in [5.74, 6) is 0. The van der Waals surface area contributed by atoms with Crippen molar-refractivity contribution in [1.29, 1.82) is 0 Å². The first-order valence-corrected chi connectivity index (χ1v) is 6.39. The highest BCUT2D eigenvalue weighted by molar-refractivity contribution is 14.1. The molecular formula is C9H16ClIN2O. The maximum absolute atomic E-state index is 6.17. The highest BCUT2D eigenvalue weighted by Crippen LogP contribution is 2.17. The second-order valence-corrected chi connectivity index (χ2v) is 5.30. The van der Waals surface area contributed by atoms with Crippen molar-refractivity contribution in [2.75, 3.05) is 0 Å². The number of hydrogen-bond acceptors (Lipinski definition) is 3. The van der Waals surface area contributed by atoms with Crippen LogP contribution in [0.15, 0.2) is 4.99 Å². The van der Waals surface area contributed by atoms with Gasteiger partial charge in [0.2, 0.25) is 0 Å². The molecule has 0 aliphatic carbocycles. The highest BCUT2D eigenvalue weighted by atomic mass is 127. The van der Waals surface area contributed by atoms with Gasteiger partial charge in [0.1, 0.15) is 0 Å². The third-order valence-corrected chi connectivity index (χ3v) is 3.07. The van der Waals surface area contributed by atoms with Gasteiger partial charge in [-0.2, -0.15) is 5.48 Å². The molecule has 1 N–H and O–H groups in total. The predicted octanol–water partition coefficient (Wildman–Crippen LogP) is 2.87. The Morgan fingerprint density at radius 3 is 2.93 bits per heavy atom. The summed E-state index contributed by atoms with van der Waals surface area (Å²) in [7, 11) is 0. The summed E-state index contributed by atoms with van der Waals surface area (Å²) >= 11 is 8.26. The van der Waals surface area contributed by atoms with E-state index in [0.29, 0.717) is 9.95 Å². The lowest BCUT2D eigenvalue weighted by atomic mass is 10.1. The number of halogens is 2. The topological polar surface area (TPSA) is 33.6 Å². The van der Waals surface area contributed by atoms with E-state index in [2.05, 4.69) is 46.9 Å². The van der Waals surface area contributed by atoms with Crippen molar-refractivity contribution in [2.24, 2.45) is 4.99 Å². The smallest absolute Gasteiger partial charge is 0.270 e. The van der Waals surface area contributed by atoms with Crippen molar-refractivity contribution < 1.29 is 4.84 Å². The molecule has 0 aromatic rings. The minimum absolute atomic E-state index is 0.217. The van der Waals surface area contributed by atoms with Crippen molar-refractivity contribution >= 4 is 38.1 Å². The fourth-order valence-electron chi connectivity index (χ4n) is 1.39. The van der Waals surface area contributed by atoms with Gasteiger partial charge < -0.3 is 4.84 Å². The summed E-state index contributed by atoms with van der Waals surface area (Å²) in [4.78, 5) is 9.64. The van der Waals surface area contributed by atoms with Crippen LogP contribution in [0.5, 0.6) is 0 Å². The van der Waals surface area contributed by atoms with Crippen molar-refractivity contribution in [3.05, 3.63) is 0 Å². The normalized spacial score (nSPS) is 39.4. The van der Waals surface area contributed by atoms with Gasteiger partial charge in [-0.25, -0.2) is 4.99 Å². The molecule has 14 heavy (non-hydrogen) atoms. The second-order valence-electron chi connectivity index (χ2n) is 3.76. The molecule has 0 aromatic heterocycles. The number of rotatable bonds is 0. The number of alkyl halides is 1. The van der Waals surface area contributed by atoms with Gasteiger partial charge >= 0.3 is 0 Å². The van der Waals surface area contributed by atoms with Crippen molar-refractivity contribution in [3.63, 3.8) is 0 Å². The largest absolute Gasteiger partial charge is 0.382 e. The molecule has 1 aliphatic rings. The lowest BCUT2D eigenvalue weighted by Crippen LogP contribution is -2.31. The van der Waals surface area contributed by atoms with E-state index in [1.807, 2.05) is 0 Å². The van der Waals surface area contributed by atoms with Gasteiger partial charge in [0.15, 0.2) is 0 Å². The molecule has 3 atom stereocenters. The van der Waals surface area contributed by atoms with Crippen LogP contribution in [0.1, 0.15) is 33.1 Å². The molecule has 82 valence electrons. The molecular weight excluding hydrogens is 314 g/mol. The molecule has 0 saturated carbocycles. The maximum Gasteiger partial charge on any atom is 0.270 e. The minimum Gasteiger partial charge on any atom is -0.382 e. The summed E-state index contributed by atoms with van der Waals surface area (Å²) in [6, 6.07) is 0.559. The fourth-order valence-corrected chi connectivity index (χ4v) is 2.38. The van der Waals surface area contributed by atoms with Gasteiger partial charge in [-0.05, 0) is 33.1 Å². The Hall–Kier alpha value is 0.450. The number of nitrogens with one attached hydrogen (secondary N) is 1. The SMILES string of the molecule is CC1CCC(Cl)C[C@@H](C)NO/C(I)=N\1. The standard InChI is InChI=1S/C9H16ClIN2O/c1-6-3-4-8(10)5-7(2)13-14-9(11)12-6/h6-8,13H,3-5H2,1-2H3/b12-9-/t6?,7-,8?/m1/s1. The molecule has 3 nitrogen and oxygen atoms in total. The van der Waals surface area contributed by atoms with Crippen LogP contribution in [-0.4, -0.2) is 21.4 Å². The Bertz CT molecular complexity index is 213. The van der Waals surface area contributed by atoms with E-state index in [1.165, 1.54) is 0 Å². The van der Waals surface area contributed by atoms with Crippen LogP contribution in [0.3, 0.4) is 0 Å². The van der Waals surface area contributed by atoms with Crippen LogP contribution in [0.4, 0.5) is 0 Å². The van der Waals surface area contributed by atoms with Crippen molar-refractivity contribution in [3.8, 4) is 0 Å². The predicted molar refractivity (Wildman–Crippen MR) is 68.1 cm³/mol. The molecule has 0 radical (unpaired) electrons. The molecule has 0 aromatic carbocycles. The minimum atomic E-state index is 0.217. The number of hydrogen-bond donors (Lipinski definition) is 1. The van der Waals surface area contributed by atoms with Crippen molar-refractivity contribution in [1.82, 2.24) is 5.48 Å². The summed E-state index contributed by atoms with van der Waals surface area (Å²) < 4.78 is 0.676. The lowest BCUT2D eigenvalue weighted by molar-refractivity contribution is 0.148. The van der Waals surface area contributed by atoms with Crippen LogP contribution in [-0.2, 0) is 4.84 Å². The van der Waals surface area contributed by atoms with Crippen LogP contribution in [0.25, 0.3) is 0 Å². The van der Waals surface area contributed by atoms with Crippen LogP contribution < -0.4 is 5.48 Å². The summed E-state index contributed by atoms with van der Waals surface area (Å²) in [5.41, 5.74) is 2.93. The van der Waals surface area contributed by atoms with Crippen LogP contribution in [0, 0.1) is 0 Å². The van der Waals surface area contributed by atoms with Crippen molar-refractivity contribution in [2.45, 2.75) is 50.6 Å².